The number of nitrogens with zero attached hydrogens (tertiary/aromatic N) is 1. The highest BCUT2D eigenvalue weighted by atomic mass is 32.2. The summed E-state index contributed by atoms with van der Waals surface area (Å²) in [6, 6.07) is 20.6. The van der Waals surface area contributed by atoms with Crippen molar-refractivity contribution >= 4 is 27.0 Å². The zero-order valence-corrected chi connectivity index (χ0v) is 14.3. The average molecular weight is 343 g/mol. The molecule has 1 heterocycles. The maximum absolute atomic E-state index is 13.0. The van der Waals surface area contributed by atoms with Crippen LogP contribution < -0.4 is 4.31 Å². The Kier molecular flexibility index (Phi) is 4.50. The average Bonchev–Trinajstić information content (AvgIpc) is 3.09. The minimum Gasteiger partial charge on any atom is -0.261 e. The van der Waals surface area contributed by atoms with E-state index in [2.05, 4.69) is 0 Å². The Morgan fingerprint density at radius 3 is 2.39 bits per heavy atom. The lowest BCUT2D eigenvalue weighted by Crippen LogP contribution is -2.30. The Balaban J connectivity index is 2.07. The summed E-state index contributed by atoms with van der Waals surface area (Å²) in [5.74, 6) is 0. The molecule has 0 N–H and O–H groups in total. The van der Waals surface area contributed by atoms with Crippen molar-refractivity contribution in [3.8, 4) is 0 Å². The second kappa shape index (κ2) is 6.56. The minimum atomic E-state index is -3.57. The van der Waals surface area contributed by atoms with Crippen molar-refractivity contribution in [1.82, 2.24) is 0 Å². The Labute approximate surface area is 140 Å². The number of hydrogen-bond donors (Lipinski definition) is 0. The van der Waals surface area contributed by atoms with E-state index < -0.39 is 10.0 Å². The van der Waals surface area contributed by atoms with Crippen LogP contribution in [0.5, 0.6) is 0 Å². The Hall–Kier alpha value is -2.11. The molecule has 23 heavy (non-hydrogen) atoms. The topological polar surface area (TPSA) is 37.4 Å². The zero-order chi connectivity index (χ0) is 16.3. The molecule has 3 aromatic rings. The van der Waals surface area contributed by atoms with Crippen LogP contribution in [0.15, 0.2) is 76.3 Å². The highest BCUT2D eigenvalue weighted by Crippen LogP contribution is 2.28. The fraction of sp³-hybridized carbons (Fsp3) is 0.111. The predicted octanol–water partition coefficient (Wildman–Crippen LogP) is 4.45. The van der Waals surface area contributed by atoms with E-state index in [0.29, 0.717) is 16.4 Å². The number of rotatable bonds is 5. The van der Waals surface area contributed by atoms with Gasteiger partial charge in [-0.2, -0.15) is 0 Å². The largest absolute Gasteiger partial charge is 0.274 e. The van der Waals surface area contributed by atoms with E-state index in [1.807, 2.05) is 61.5 Å². The van der Waals surface area contributed by atoms with Crippen molar-refractivity contribution in [2.45, 2.75) is 17.7 Å². The van der Waals surface area contributed by atoms with E-state index in [4.69, 9.17) is 0 Å². The first-order valence-corrected chi connectivity index (χ1v) is 9.56. The summed E-state index contributed by atoms with van der Waals surface area (Å²) in [6.07, 6.45) is 0. The molecule has 5 heteroatoms. The number of sulfonamides is 1. The van der Waals surface area contributed by atoms with Gasteiger partial charge in [0.05, 0.1) is 12.2 Å². The molecule has 0 aliphatic rings. The van der Waals surface area contributed by atoms with Crippen LogP contribution in [0.3, 0.4) is 0 Å². The van der Waals surface area contributed by atoms with Gasteiger partial charge in [0, 0.05) is 0 Å². The van der Waals surface area contributed by atoms with E-state index in [1.54, 1.807) is 17.5 Å². The van der Waals surface area contributed by atoms with Crippen LogP contribution in [0, 0.1) is 6.92 Å². The Morgan fingerprint density at radius 2 is 1.74 bits per heavy atom. The van der Waals surface area contributed by atoms with Crippen molar-refractivity contribution in [2.75, 3.05) is 4.31 Å². The van der Waals surface area contributed by atoms with E-state index in [-0.39, 0.29) is 0 Å². The molecule has 0 radical (unpaired) electrons. The van der Waals surface area contributed by atoms with Crippen molar-refractivity contribution in [3.05, 3.63) is 83.2 Å². The molecule has 0 saturated heterocycles. The van der Waals surface area contributed by atoms with Crippen molar-refractivity contribution < 1.29 is 8.42 Å². The first kappa shape index (κ1) is 15.8. The van der Waals surface area contributed by atoms with Crippen LogP contribution in [-0.2, 0) is 16.6 Å². The van der Waals surface area contributed by atoms with Crippen molar-refractivity contribution in [2.24, 2.45) is 0 Å². The van der Waals surface area contributed by atoms with Gasteiger partial charge >= 0.3 is 0 Å². The number of hydrogen-bond acceptors (Lipinski definition) is 3. The van der Waals surface area contributed by atoms with E-state index in [9.17, 15) is 8.42 Å². The lowest BCUT2D eigenvalue weighted by Gasteiger charge is -2.24. The lowest BCUT2D eigenvalue weighted by atomic mass is 10.2. The quantitative estimate of drug-likeness (QED) is 0.686. The molecule has 0 atom stereocenters. The summed E-state index contributed by atoms with van der Waals surface area (Å²) in [7, 11) is -3.57. The summed E-state index contributed by atoms with van der Waals surface area (Å²) in [6.45, 7) is 2.27. The second-order valence-electron chi connectivity index (χ2n) is 5.27. The molecule has 3 rings (SSSR count). The molecule has 0 aliphatic heterocycles. The maximum Gasteiger partial charge on any atom is 0.274 e. The van der Waals surface area contributed by atoms with E-state index in [0.717, 1.165) is 11.1 Å². The second-order valence-corrected chi connectivity index (χ2v) is 8.31. The first-order valence-electron chi connectivity index (χ1n) is 7.24. The molecule has 0 unspecified atom stereocenters. The van der Waals surface area contributed by atoms with Gasteiger partial charge in [0.25, 0.3) is 10.0 Å². The summed E-state index contributed by atoms with van der Waals surface area (Å²) >= 11 is 1.24. The SMILES string of the molecule is Cc1cccc(N(Cc2ccccc2)S(=O)(=O)c2cccs2)c1. The lowest BCUT2D eigenvalue weighted by molar-refractivity contribution is 0.592. The van der Waals surface area contributed by atoms with Crippen LogP contribution in [0.1, 0.15) is 11.1 Å². The number of aryl methyl sites for hydroxylation is 1. The Bertz CT molecular complexity index is 872. The molecule has 0 bridgehead atoms. The summed E-state index contributed by atoms with van der Waals surface area (Å²) < 4.78 is 27.9. The molecule has 0 fully saturated rings. The predicted molar refractivity (Wildman–Crippen MR) is 95.3 cm³/mol. The molecule has 0 amide bonds. The number of anilines is 1. The first-order chi connectivity index (χ1) is 11.1. The third-order valence-electron chi connectivity index (χ3n) is 3.50. The third kappa shape index (κ3) is 3.46. The summed E-state index contributed by atoms with van der Waals surface area (Å²) in [5.41, 5.74) is 2.67. The smallest absolute Gasteiger partial charge is 0.261 e. The van der Waals surface area contributed by atoms with Gasteiger partial charge < -0.3 is 0 Å². The van der Waals surface area contributed by atoms with Gasteiger partial charge in [0.2, 0.25) is 0 Å². The van der Waals surface area contributed by atoms with Crippen LogP contribution in [0.4, 0.5) is 5.69 Å². The van der Waals surface area contributed by atoms with E-state index in [1.165, 1.54) is 15.6 Å². The molecule has 0 aliphatic carbocycles. The maximum atomic E-state index is 13.0. The molecule has 0 saturated carbocycles. The van der Waals surface area contributed by atoms with Gasteiger partial charge in [-0.3, -0.25) is 4.31 Å². The monoisotopic (exact) mass is 343 g/mol. The van der Waals surface area contributed by atoms with Gasteiger partial charge in [0.1, 0.15) is 4.21 Å². The normalized spacial score (nSPS) is 11.3. The molecular weight excluding hydrogens is 326 g/mol. The van der Waals surface area contributed by atoms with Crippen LogP contribution in [0.25, 0.3) is 0 Å². The molecule has 2 aromatic carbocycles. The Morgan fingerprint density at radius 1 is 0.957 bits per heavy atom. The van der Waals surface area contributed by atoms with Gasteiger partial charge in [-0.25, -0.2) is 8.42 Å². The molecule has 1 aromatic heterocycles. The van der Waals surface area contributed by atoms with E-state index >= 15 is 0 Å². The summed E-state index contributed by atoms with van der Waals surface area (Å²) in [4.78, 5) is 0. The highest BCUT2D eigenvalue weighted by Gasteiger charge is 2.26. The van der Waals surface area contributed by atoms with Crippen molar-refractivity contribution in [1.29, 1.82) is 0 Å². The number of benzene rings is 2. The van der Waals surface area contributed by atoms with Crippen LogP contribution in [0.2, 0.25) is 0 Å². The minimum absolute atomic E-state index is 0.310. The van der Waals surface area contributed by atoms with Crippen LogP contribution in [-0.4, -0.2) is 8.42 Å². The molecule has 0 spiro atoms. The van der Waals surface area contributed by atoms with Gasteiger partial charge in [0.15, 0.2) is 0 Å². The summed E-state index contributed by atoms with van der Waals surface area (Å²) in [5, 5.41) is 1.78. The zero-order valence-electron chi connectivity index (χ0n) is 12.7. The number of thiophene rings is 1. The fourth-order valence-electron chi connectivity index (χ4n) is 2.37. The standard InChI is InChI=1S/C18H17NO2S2/c1-15-7-5-10-17(13-15)19(14-16-8-3-2-4-9-16)23(20,21)18-11-6-12-22-18/h2-13H,14H2,1H3. The molecule has 3 nitrogen and oxygen atoms in total. The third-order valence-corrected chi connectivity index (χ3v) is 6.64. The van der Waals surface area contributed by atoms with Gasteiger partial charge in [-0.15, -0.1) is 11.3 Å². The van der Waals surface area contributed by atoms with Gasteiger partial charge in [-0.1, -0.05) is 48.5 Å². The fourth-order valence-corrected chi connectivity index (χ4v) is 4.92. The molecule has 118 valence electrons. The molecular formula is C18H17NO2S2. The van der Waals surface area contributed by atoms with Gasteiger partial charge in [-0.05, 0) is 41.6 Å². The van der Waals surface area contributed by atoms with Crippen molar-refractivity contribution in [3.63, 3.8) is 0 Å². The van der Waals surface area contributed by atoms with Crippen LogP contribution >= 0.6 is 11.3 Å². The highest BCUT2D eigenvalue weighted by molar-refractivity contribution is 7.94.